The van der Waals surface area contributed by atoms with Crippen LogP contribution >= 0.6 is 11.6 Å². The lowest BCUT2D eigenvalue weighted by atomic mass is 9.97. The van der Waals surface area contributed by atoms with E-state index in [1.165, 1.54) is 6.07 Å². The summed E-state index contributed by atoms with van der Waals surface area (Å²) in [6, 6.07) is 10.3. The largest absolute Gasteiger partial charge is 0.479 e. The van der Waals surface area contributed by atoms with Crippen molar-refractivity contribution in [2.75, 3.05) is 26.2 Å². The molecule has 2 aliphatic heterocycles. The number of fused-ring (bicyclic) bond motifs is 2. The Bertz CT molecular complexity index is 1110. The van der Waals surface area contributed by atoms with Gasteiger partial charge in [0, 0.05) is 60.3 Å². The number of ether oxygens (including phenoxy) is 1. The summed E-state index contributed by atoms with van der Waals surface area (Å²) in [6.45, 7) is 2.93. The molecule has 1 atom stereocenters. The van der Waals surface area contributed by atoms with E-state index in [-0.39, 0.29) is 11.7 Å². The van der Waals surface area contributed by atoms with Gasteiger partial charge in [0.25, 0.3) is 5.91 Å². The zero-order valence-electron chi connectivity index (χ0n) is 15.6. The van der Waals surface area contributed by atoms with Gasteiger partial charge in [0.05, 0.1) is 0 Å². The lowest BCUT2D eigenvalue weighted by Gasteiger charge is -2.29. The first-order chi connectivity index (χ1) is 14.1. The molecule has 3 heterocycles. The Morgan fingerprint density at radius 3 is 2.86 bits per heavy atom. The maximum Gasteiger partial charge on any atom is 0.264 e. The number of halogens is 2. The number of carbonyl (C=O) groups excluding carboxylic acids is 1. The molecule has 1 saturated heterocycles. The molecular formula is C22H19ClFN3O2. The minimum Gasteiger partial charge on any atom is -0.479 e. The number of hydrogen-bond donors (Lipinski definition) is 1. The van der Waals surface area contributed by atoms with Gasteiger partial charge in [-0.2, -0.15) is 0 Å². The number of rotatable bonds is 2. The molecule has 5 nitrogen and oxygen atoms in total. The van der Waals surface area contributed by atoms with Gasteiger partial charge < -0.3 is 15.0 Å². The van der Waals surface area contributed by atoms with E-state index in [9.17, 15) is 9.18 Å². The van der Waals surface area contributed by atoms with Crippen LogP contribution in [0, 0.1) is 5.82 Å². The molecule has 0 bridgehead atoms. The third-order valence-electron chi connectivity index (χ3n) is 5.51. The van der Waals surface area contributed by atoms with Crippen LogP contribution < -0.4 is 10.1 Å². The second-order valence-corrected chi connectivity index (χ2v) is 7.76. The van der Waals surface area contributed by atoms with Crippen molar-refractivity contribution < 1.29 is 13.9 Å². The van der Waals surface area contributed by atoms with Crippen molar-refractivity contribution in [3.8, 4) is 16.9 Å². The van der Waals surface area contributed by atoms with E-state index in [4.69, 9.17) is 16.3 Å². The first kappa shape index (κ1) is 18.3. The average molecular weight is 412 g/mol. The highest BCUT2D eigenvalue weighted by atomic mass is 35.5. The molecule has 1 amide bonds. The van der Waals surface area contributed by atoms with Gasteiger partial charge in [-0.05, 0) is 29.8 Å². The van der Waals surface area contributed by atoms with Crippen LogP contribution in [0.2, 0.25) is 5.02 Å². The number of nitrogens with zero attached hydrogens (tertiary/aromatic N) is 2. The molecule has 2 aliphatic rings. The van der Waals surface area contributed by atoms with Crippen molar-refractivity contribution in [2.45, 2.75) is 12.5 Å². The zero-order valence-corrected chi connectivity index (χ0v) is 16.4. The van der Waals surface area contributed by atoms with E-state index in [2.05, 4.69) is 10.3 Å². The van der Waals surface area contributed by atoms with Gasteiger partial charge in [-0.3, -0.25) is 9.78 Å². The fourth-order valence-electron chi connectivity index (χ4n) is 4.13. The molecule has 148 valence electrons. The predicted octanol–water partition coefficient (Wildman–Crippen LogP) is 3.43. The van der Waals surface area contributed by atoms with Crippen molar-refractivity contribution in [3.05, 3.63) is 59.0 Å². The highest BCUT2D eigenvalue weighted by Crippen LogP contribution is 2.43. The maximum atomic E-state index is 14.2. The van der Waals surface area contributed by atoms with Crippen LogP contribution in [0.25, 0.3) is 22.0 Å². The standard InChI is InChI=1S/C22H19ClFN3O2/c23-14-10-13-11-19(22(28)27-8-6-25-7-9-27)29-21(13)17(12-14)15-4-5-26-20-16(15)2-1-3-18(20)24/h1-5,10,12,19,25H,6-9,11H2/t19-/m1/s1. The van der Waals surface area contributed by atoms with Gasteiger partial charge >= 0.3 is 0 Å². The van der Waals surface area contributed by atoms with Crippen LogP contribution in [0.5, 0.6) is 5.75 Å². The van der Waals surface area contributed by atoms with Crippen LogP contribution in [0.1, 0.15) is 5.56 Å². The maximum absolute atomic E-state index is 14.2. The summed E-state index contributed by atoms with van der Waals surface area (Å²) in [4.78, 5) is 18.9. The molecule has 5 rings (SSSR count). The Hall–Kier alpha value is -2.70. The highest BCUT2D eigenvalue weighted by molar-refractivity contribution is 6.31. The zero-order chi connectivity index (χ0) is 20.0. The highest BCUT2D eigenvalue weighted by Gasteiger charge is 2.35. The van der Waals surface area contributed by atoms with Gasteiger partial charge in [-0.15, -0.1) is 0 Å². The van der Waals surface area contributed by atoms with Gasteiger partial charge in [-0.1, -0.05) is 23.7 Å². The Balaban J connectivity index is 1.56. The summed E-state index contributed by atoms with van der Waals surface area (Å²) in [6.07, 6.45) is 1.49. The Morgan fingerprint density at radius 2 is 2.03 bits per heavy atom. The van der Waals surface area contributed by atoms with E-state index < -0.39 is 6.10 Å². The Kier molecular flexibility index (Phi) is 4.60. The fraction of sp³-hybridized carbons (Fsp3) is 0.273. The summed E-state index contributed by atoms with van der Waals surface area (Å²) in [5.41, 5.74) is 2.72. The SMILES string of the molecule is O=C([C@H]1Cc2cc(Cl)cc(-c3ccnc4c(F)cccc34)c2O1)N1CCNCC1. The lowest BCUT2D eigenvalue weighted by Crippen LogP contribution is -2.50. The van der Waals surface area contributed by atoms with Crippen molar-refractivity contribution >= 4 is 28.4 Å². The molecule has 1 N–H and O–H groups in total. The second kappa shape index (κ2) is 7.28. The molecule has 3 aromatic rings. The molecule has 1 aromatic heterocycles. The van der Waals surface area contributed by atoms with E-state index in [0.717, 1.165) is 29.8 Å². The molecule has 29 heavy (non-hydrogen) atoms. The topological polar surface area (TPSA) is 54.5 Å². The molecule has 0 unspecified atom stereocenters. The second-order valence-electron chi connectivity index (χ2n) is 7.32. The molecule has 0 aliphatic carbocycles. The number of amides is 1. The number of para-hydroxylation sites is 1. The minimum absolute atomic E-state index is 0.00426. The minimum atomic E-state index is -0.565. The Morgan fingerprint density at radius 1 is 1.21 bits per heavy atom. The Labute approximate surface area is 172 Å². The molecule has 7 heteroatoms. The molecule has 1 fully saturated rings. The number of pyridine rings is 1. The van der Waals surface area contributed by atoms with E-state index in [0.29, 0.717) is 41.2 Å². The van der Waals surface area contributed by atoms with Gasteiger partial charge in [0.2, 0.25) is 0 Å². The van der Waals surface area contributed by atoms with Crippen molar-refractivity contribution in [3.63, 3.8) is 0 Å². The third kappa shape index (κ3) is 3.22. The van der Waals surface area contributed by atoms with Crippen LogP contribution in [0.4, 0.5) is 4.39 Å². The third-order valence-corrected chi connectivity index (χ3v) is 5.73. The van der Waals surface area contributed by atoms with E-state index in [1.54, 1.807) is 18.3 Å². The molecular weight excluding hydrogens is 393 g/mol. The predicted molar refractivity (Wildman–Crippen MR) is 110 cm³/mol. The lowest BCUT2D eigenvalue weighted by molar-refractivity contribution is -0.138. The fourth-order valence-corrected chi connectivity index (χ4v) is 4.37. The molecule has 2 aromatic carbocycles. The summed E-state index contributed by atoms with van der Waals surface area (Å²) in [7, 11) is 0. The normalized spacial score (nSPS) is 18.6. The number of carbonyl (C=O) groups is 1. The molecule has 0 spiro atoms. The molecule has 0 saturated carbocycles. The smallest absolute Gasteiger partial charge is 0.264 e. The van der Waals surface area contributed by atoms with Crippen LogP contribution in [-0.4, -0.2) is 48.1 Å². The number of nitrogens with one attached hydrogen (secondary N) is 1. The summed E-state index contributed by atoms with van der Waals surface area (Å²) in [5, 5.41) is 4.48. The average Bonchev–Trinajstić information content (AvgIpc) is 3.17. The first-order valence-corrected chi connectivity index (χ1v) is 10.0. The number of piperazine rings is 1. The summed E-state index contributed by atoms with van der Waals surface area (Å²) < 4.78 is 20.4. The van der Waals surface area contributed by atoms with Crippen LogP contribution in [0.3, 0.4) is 0 Å². The van der Waals surface area contributed by atoms with Gasteiger partial charge in [-0.25, -0.2) is 4.39 Å². The monoisotopic (exact) mass is 411 g/mol. The number of aromatic nitrogens is 1. The van der Waals surface area contributed by atoms with Crippen molar-refractivity contribution in [1.82, 2.24) is 15.2 Å². The summed E-state index contributed by atoms with van der Waals surface area (Å²) >= 11 is 6.39. The van der Waals surface area contributed by atoms with Gasteiger partial charge in [0.1, 0.15) is 17.1 Å². The van der Waals surface area contributed by atoms with Crippen molar-refractivity contribution in [2.24, 2.45) is 0 Å². The first-order valence-electron chi connectivity index (χ1n) is 9.64. The van der Waals surface area contributed by atoms with Crippen LogP contribution in [0.15, 0.2) is 42.6 Å². The van der Waals surface area contributed by atoms with E-state index >= 15 is 0 Å². The summed E-state index contributed by atoms with van der Waals surface area (Å²) in [5.74, 6) is 0.255. The van der Waals surface area contributed by atoms with E-state index in [1.807, 2.05) is 23.1 Å². The van der Waals surface area contributed by atoms with Crippen molar-refractivity contribution in [1.29, 1.82) is 0 Å². The number of benzene rings is 2. The quantitative estimate of drug-likeness (QED) is 0.702. The van der Waals surface area contributed by atoms with Gasteiger partial charge in [0.15, 0.2) is 6.10 Å². The van der Waals surface area contributed by atoms with Crippen LogP contribution in [-0.2, 0) is 11.2 Å². The molecule has 0 radical (unpaired) electrons. The number of hydrogen-bond acceptors (Lipinski definition) is 4.